The van der Waals surface area contributed by atoms with Crippen LogP contribution in [0.4, 0.5) is 10.2 Å². The molecule has 2 unspecified atom stereocenters. The predicted octanol–water partition coefficient (Wildman–Crippen LogP) is 6.13. The average molecular weight is 661 g/mol. The Morgan fingerprint density at radius 2 is 1.70 bits per heavy atom. The number of fused-ring (bicyclic) bond motifs is 1. The zero-order valence-corrected chi connectivity index (χ0v) is 26.7. The van der Waals surface area contributed by atoms with Gasteiger partial charge in [-0.1, -0.05) is 79.7 Å². The molecular formula is C34H34FN4O7P. The van der Waals surface area contributed by atoms with Crippen LogP contribution in [0.25, 0.3) is 4.85 Å². The Morgan fingerprint density at radius 3 is 2.28 bits per heavy atom. The first-order valence-corrected chi connectivity index (χ1v) is 16.6. The maximum atomic E-state index is 16.1. The molecule has 244 valence electrons. The van der Waals surface area contributed by atoms with Crippen LogP contribution in [0, 0.1) is 6.57 Å². The van der Waals surface area contributed by atoms with Crippen molar-refractivity contribution in [1.29, 1.82) is 0 Å². The minimum Gasteiger partial charge on any atom is -0.497 e. The highest BCUT2D eigenvalue weighted by atomic mass is 31.2. The molecule has 1 N–H and O–H groups in total. The van der Waals surface area contributed by atoms with E-state index in [1.807, 2.05) is 84.9 Å². The van der Waals surface area contributed by atoms with Crippen LogP contribution >= 0.6 is 7.82 Å². The second kappa shape index (κ2) is 13.4. The summed E-state index contributed by atoms with van der Waals surface area (Å²) in [5.74, 6) is 0.927. The summed E-state index contributed by atoms with van der Waals surface area (Å²) in [6.07, 6.45) is -3.01. The van der Waals surface area contributed by atoms with Crippen molar-refractivity contribution in [2.45, 2.75) is 43.0 Å². The largest absolute Gasteiger partial charge is 0.497 e. The zero-order chi connectivity index (χ0) is 33.1. The summed E-state index contributed by atoms with van der Waals surface area (Å²) in [6.45, 7) is 8.11. The molecule has 3 heterocycles. The fraction of sp³-hybridized carbons (Fsp3) is 0.324. The van der Waals surface area contributed by atoms with Gasteiger partial charge >= 0.3 is 13.5 Å². The molecule has 0 aliphatic carbocycles. The van der Waals surface area contributed by atoms with Gasteiger partial charge in [-0.05, 0) is 41.3 Å². The Hall–Kier alpha value is -4.37. The fourth-order valence-corrected chi connectivity index (χ4v) is 7.57. The van der Waals surface area contributed by atoms with Gasteiger partial charge in [0.15, 0.2) is 12.4 Å². The van der Waals surface area contributed by atoms with Gasteiger partial charge in [0, 0.05) is 6.20 Å². The van der Waals surface area contributed by atoms with Crippen LogP contribution in [-0.4, -0.2) is 54.3 Å². The smallest absolute Gasteiger partial charge is 0.475 e. The van der Waals surface area contributed by atoms with Gasteiger partial charge in [-0.25, -0.2) is 20.3 Å². The van der Waals surface area contributed by atoms with Crippen molar-refractivity contribution in [2.24, 2.45) is 0 Å². The molecule has 2 aliphatic rings. The second-order valence-electron chi connectivity index (χ2n) is 11.2. The number of phosphoric acid groups is 1. The van der Waals surface area contributed by atoms with Gasteiger partial charge in [0.05, 0.1) is 13.7 Å². The van der Waals surface area contributed by atoms with E-state index in [-0.39, 0.29) is 32.0 Å². The van der Waals surface area contributed by atoms with Gasteiger partial charge in [-0.15, -0.1) is 0 Å². The molecule has 47 heavy (non-hydrogen) atoms. The van der Waals surface area contributed by atoms with Gasteiger partial charge in [0.2, 0.25) is 6.54 Å². The number of alkyl halides is 1. The Labute approximate surface area is 271 Å². The van der Waals surface area contributed by atoms with Crippen molar-refractivity contribution in [1.82, 2.24) is 9.55 Å². The lowest BCUT2D eigenvalue weighted by atomic mass is 9.77. The monoisotopic (exact) mass is 660 g/mol. The minimum atomic E-state index is -4.15. The average Bonchev–Trinajstić information content (AvgIpc) is 3.39. The van der Waals surface area contributed by atoms with E-state index >= 15 is 4.39 Å². The number of nitrogens with zero attached hydrogens (tertiary/aromatic N) is 3. The quantitative estimate of drug-likeness (QED) is 0.0878. The molecular weight excluding hydrogens is 626 g/mol. The summed E-state index contributed by atoms with van der Waals surface area (Å²) in [4.78, 5) is 21.1. The van der Waals surface area contributed by atoms with Crippen LogP contribution < -0.4 is 15.7 Å². The number of benzene rings is 3. The third-order valence-electron chi connectivity index (χ3n) is 8.55. The third kappa shape index (κ3) is 6.09. The molecule has 0 bridgehead atoms. The van der Waals surface area contributed by atoms with Gasteiger partial charge in [0.1, 0.15) is 35.4 Å². The van der Waals surface area contributed by atoms with E-state index in [2.05, 4.69) is 15.1 Å². The Kier molecular flexibility index (Phi) is 9.28. The summed E-state index contributed by atoms with van der Waals surface area (Å²) in [5, 5.41) is 3.53. The number of aromatic nitrogens is 2. The predicted molar refractivity (Wildman–Crippen MR) is 172 cm³/mol. The number of anilines is 1. The Bertz CT molecular complexity index is 1800. The SMILES string of the molecule is [C-]#[N+]CCOP1(=O)OC[C@@]2(CC)O[C@@H](n3ccc(NC(c4ccccc4)(c4ccccc4)c4ccc(OC)cc4)nc3=O)[C@H](F)C2O1. The van der Waals surface area contributed by atoms with Crippen LogP contribution in [0.2, 0.25) is 0 Å². The third-order valence-corrected chi connectivity index (χ3v) is 9.98. The normalized spacial score (nSPS) is 25.4. The van der Waals surface area contributed by atoms with E-state index in [1.165, 1.54) is 6.20 Å². The van der Waals surface area contributed by atoms with E-state index in [0.29, 0.717) is 5.75 Å². The lowest BCUT2D eigenvalue weighted by molar-refractivity contribution is -0.148. The zero-order valence-electron chi connectivity index (χ0n) is 25.8. The van der Waals surface area contributed by atoms with E-state index in [0.717, 1.165) is 21.3 Å². The van der Waals surface area contributed by atoms with Crippen molar-refractivity contribution in [3.8, 4) is 5.75 Å². The summed E-state index contributed by atoms with van der Waals surface area (Å²) in [6, 6.07) is 28.8. The molecule has 5 atom stereocenters. The van der Waals surface area contributed by atoms with Crippen molar-refractivity contribution < 1.29 is 32.0 Å². The number of rotatable bonds is 11. The molecule has 0 radical (unpaired) electrons. The van der Waals surface area contributed by atoms with Gasteiger partial charge < -0.3 is 19.6 Å². The molecule has 3 aromatic carbocycles. The molecule has 2 fully saturated rings. The lowest BCUT2D eigenvalue weighted by Gasteiger charge is -2.39. The van der Waals surface area contributed by atoms with Gasteiger partial charge in [-0.3, -0.25) is 18.1 Å². The molecule has 1 aromatic heterocycles. The van der Waals surface area contributed by atoms with E-state index < -0.39 is 43.2 Å². The van der Waals surface area contributed by atoms with Crippen LogP contribution in [0.3, 0.4) is 0 Å². The summed E-state index contributed by atoms with van der Waals surface area (Å²) >= 11 is 0. The van der Waals surface area contributed by atoms with Crippen molar-refractivity contribution in [3.05, 3.63) is 136 Å². The van der Waals surface area contributed by atoms with E-state index in [9.17, 15) is 9.36 Å². The highest BCUT2D eigenvalue weighted by molar-refractivity contribution is 7.48. The highest BCUT2D eigenvalue weighted by Crippen LogP contribution is 2.60. The first-order chi connectivity index (χ1) is 22.8. The molecule has 13 heteroatoms. The maximum absolute atomic E-state index is 16.1. The van der Waals surface area contributed by atoms with Crippen LogP contribution in [-0.2, 0) is 28.4 Å². The van der Waals surface area contributed by atoms with E-state index in [4.69, 9.17) is 29.6 Å². The molecule has 0 saturated carbocycles. The first kappa shape index (κ1) is 32.6. The number of ether oxygens (including phenoxy) is 2. The molecule has 2 aliphatic heterocycles. The van der Waals surface area contributed by atoms with Gasteiger partial charge in [0.25, 0.3) is 0 Å². The molecule has 4 aromatic rings. The number of nitrogens with one attached hydrogen (secondary N) is 1. The highest BCUT2D eigenvalue weighted by Gasteiger charge is 2.62. The summed E-state index contributed by atoms with van der Waals surface area (Å²) in [7, 11) is -2.54. The first-order valence-electron chi connectivity index (χ1n) is 15.1. The number of halogens is 1. The van der Waals surface area contributed by atoms with Gasteiger partial charge in [-0.2, -0.15) is 4.98 Å². The number of hydrogen-bond donors (Lipinski definition) is 1. The topological polar surface area (TPSA) is 115 Å². The Balaban J connectivity index is 1.36. The van der Waals surface area contributed by atoms with Crippen LogP contribution in [0.1, 0.15) is 36.3 Å². The van der Waals surface area contributed by atoms with Crippen LogP contribution in [0.15, 0.2) is 102 Å². The molecule has 0 spiro atoms. The summed E-state index contributed by atoms with van der Waals surface area (Å²) < 4.78 is 57.9. The molecule has 11 nitrogen and oxygen atoms in total. The summed E-state index contributed by atoms with van der Waals surface area (Å²) in [5.41, 5.74) is -0.442. The second-order valence-corrected chi connectivity index (χ2v) is 12.8. The van der Waals surface area contributed by atoms with Crippen molar-refractivity contribution >= 4 is 13.6 Å². The molecule has 6 rings (SSSR count). The maximum Gasteiger partial charge on any atom is 0.475 e. The number of phosphoric ester groups is 1. The minimum absolute atomic E-state index is 0.0613. The molecule has 0 amide bonds. The number of methoxy groups -OCH3 is 1. The lowest BCUT2D eigenvalue weighted by Crippen LogP contribution is -2.49. The van der Waals surface area contributed by atoms with Crippen LogP contribution in [0.5, 0.6) is 5.75 Å². The Morgan fingerprint density at radius 1 is 1.06 bits per heavy atom. The van der Waals surface area contributed by atoms with Crippen molar-refractivity contribution in [2.75, 3.05) is 32.2 Å². The number of hydrogen-bond acceptors (Lipinski definition) is 9. The standard InChI is InChI=1S/C34H34FN4O7P/c1-4-33-23-44-47(41,43-22-20-36-2)46-30(33)29(35)31(45-33)39-21-19-28(37-32(39)40)38-34(24-11-7-5-8-12-24,25-13-9-6-10-14-25)26-15-17-27(42-3)18-16-26/h5-19,21,29-31H,4,20,22-23H2,1,3H3,(H,37,38,40)/t29-,30?,31-,33-,47?/m1/s1. The van der Waals surface area contributed by atoms with Crippen molar-refractivity contribution in [3.63, 3.8) is 0 Å². The fourth-order valence-electron chi connectivity index (χ4n) is 6.11. The van der Waals surface area contributed by atoms with E-state index in [1.54, 1.807) is 20.1 Å². The molecule has 2 saturated heterocycles.